The van der Waals surface area contributed by atoms with Crippen molar-refractivity contribution in [2.75, 3.05) is 11.9 Å². The van der Waals surface area contributed by atoms with Gasteiger partial charge in [-0.05, 0) is 13.0 Å². The van der Waals surface area contributed by atoms with Crippen molar-refractivity contribution in [3.63, 3.8) is 0 Å². The second-order valence-electron chi connectivity index (χ2n) is 3.61. The van der Waals surface area contributed by atoms with Crippen LogP contribution in [-0.2, 0) is 6.18 Å². The summed E-state index contributed by atoms with van der Waals surface area (Å²) in [4.78, 5) is 4.15. The number of rotatable bonds is 3. The Morgan fingerprint density at radius 2 is 2.00 bits per heavy atom. The van der Waals surface area contributed by atoms with Crippen LogP contribution in [0.1, 0.15) is 12.5 Å². The predicted molar refractivity (Wildman–Crippen MR) is 66.7 cm³/mol. The van der Waals surface area contributed by atoms with Gasteiger partial charge >= 0.3 is 6.18 Å². The monoisotopic (exact) mass is 272 g/mol. The Kier molecular flexibility index (Phi) is 3.56. The Hall–Kier alpha value is -1.56. The summed E-state index contributed by atoms with van der Waals surface area (Å²) in [5, 5.41) is 5.24. The summed E-state index contributed by atoms with van der Waals surface area (Å²) in [6, 6.07) is 5.47. The van der Waals surface area contributed by atoms with Crippen LogP contribution in [-0.4, -0.2) is 11.5 Å². The van der Waals surface area contributed by atoms with Gasteiger partial charge in [-0.25, -0.2) is 4.98 Å². The van der Waals surface area contributed by atoms with Gasteiger partial charge in [0.15, 0.2) is 5.13 Å². The molecule has 96 valence electrons. The molecule has 6 heteroatoms. The van der Waals surface area contributed by atoms with Gasteiger partial charge in [-0.3, -0.25) is 0 Å². The number of aromatic nitrogens is 1. The highest BCUT2D eigenvalue weighted by atomic mass is 32.1. The van der Waals surface area contributed by atoms with E-state index in [2.05, 4.69) is 10.3 Å². The number of benzene rings is 1. The average molecular weight is 272 g/mol. The molecule has 0 spiro atoms. The number of alkyl halides is 3. The number of halogens is 3. The number of anilines is 1. The molecule has 0 radical (unpaired) electrons. The van der Waals surface area contributed by atoms with Crippen LogP contribution >= 0.6 is 11.3 Å². The summed E-state index contributed by atoms with van der Waals surface area (Å²) in [5.74, 6) is 0. The molecule has 2 nitrogen and oxygen atoms in total. The van der Waals surface area contributed by atoms with Crippen LogP contribution in [0.5, 0.6) is 0 Å². The standard InChI is InChI=1S/C12H11F3N2S/c1-2-16-11-17-10(7-18-11)8-5-3-4-6-9(8)12(13,14)15/h3-7H,2H2,1H3,(H,16,17). The van der Waals surface area contributed by atoms with Gasteiger partial charge in [0.05, 0.1) is 11.3 Å². The lowest BCUT2D eigenvalue weighted by molar-refractivity contribution is -0.137. The lowest BCUT2D eigenvalue weighted by Gasteiger charge is -2.10. The maximum absolute atomic E-state index is 12.8. The Morgan fingerprint density at radius 3 is 2.67 bits per heavy atom. The molecule has 1 N–H and O–H groups in total. The maximum Gasteiger partial charge on any atom is 0.417 e. The SMILES string of the molecule is CCNc1nc(-c2ccccc2C(F)(F)F)cs1. The van der Waals surface area contributed by atoms with E-state index in [9.17, 15) is 13.2 Å². The molecule has 2 aromatic rings. The second kappa shape index (κ2) is 4.97. The zero-order valence-electron chi connectivity index (χ0n) is 9.58. The number of thiazole rings is 1. The molecule has 2 rings (SSSR count). The van der Waals surface area contributed by atoms with E-state index in [-0.39, 0.29) is 5.56 Å². The summed E-state index contributed by atoms with van der Waals surface area (Å²) in [6.07, 6.45) is -4.36. The van der Waals surface area contributed by atoms with Gasteiger partial charge < -0.3 is 5.32 Å². The van der Waals surface area contributed by atoms with E-state index in [4.69, 9.17) is 0 Å². The van der Waals surface area contributed by atoms with E-state index < -0.39 is 11.7 Å². The smallest absolute Gasteiger partial charge is 0.362 e. The fraction of sp³-hybridized carbons (Fsp3) is 0.250. The first-order valence-electron chi connectivity index (χ1n) is 5.38. The Balaban J connectivity index is 2.43. The molecule has 18 heavy (non-hydrogen) atoms. The van der Waals surface area contributed by atoms with Crippen LogP contribution in [0.3, 0.4) is 0 Å². The van der Waals surface area contributed by atoms with Crippen molar-refractivity contribution in [1.29, 1.82) is 0 Å². The largest absolute Gasteiger partial charge is 0.417 e. The van der Waals surface area contributed by atoms with Crippen molar-refractivity contribution < 1.29 is 13.2 Å². The zero-order valence-corrected chi connectivity index (χ0v) is 10.4. The van der Waals surface area contributed by atoms with Crippen LogP contribution in [0.2, 0.25) is 0 Å². The van der Waals surface area contributed by atoms with Crippen molar-refractivity contribution in [1.82, 2.24) is 4.98 Å². The predicted octanol–water partition coefficient (Wildman–Crippen LogP) is 4.26. The minimum Gasteiger partial charge on any atom is -0.362 e. The molecule has 0 fully saturated rings. The van der Waals surface area contributed by atoms with Gasteiger partial charge in [0, 0.05) is 17.5 Å². The molecule has 0 saturated carbocycles. The third-order valence-electron chi connectivity index (χ3n) is 2.34. The Bertz CT molecular complexity index is 534. The van der Waals surface area contributed by atoms with Crippen molar-refractivity contribution in [2.24, 2.45) is 0 Å². The zero-order chi connectivity index (χ0) is 13.2. The van der Waals surface area contributed by atoms with Crippen LogP contribution < -0.4 is 5.32 Å². The summed E-state index contributed by atoms with van der Waals surface area (Å²) in [6.45, 7) is 2.60. The van der Waals surface area contributed by atoms with E-state index >= 15 is 0 Å². The fourth-order valence-electron chi connectivity index (χ4n) is 1.58. The molecule has 0 amide bonds. The molecule has 1 heterocycles. The maximum atomic E-state index is 12.8. The van der Waals surface area contributed by atoms with Gasteiger partial charge in [-0.2, -0.15) is 13.2 Å². The van der Waals surface area contributed by atoms with E-state index in [1.54, 1.807) is 11.4 Å². The summed E-state index contributed by atoms with van der Waals surface area (Å²) < 4.78 is 38.5. The van der Waals surface area contributed by atoms with Crippen molar-refractivity contribution >= 4 is 16.5 Å². The summed E-state index contributed by atoms with van der Waals surface area (Å²) in [7, 11) is 0. The molecule has 0 aliphatic heterocycles. The Labute approximate surface area is 106 Å². The first kappa shape index (κ1) is 12.9. The third-order valence-corrected chi connectivity index (χ3v) is 3.14. The van der Waals surface area contributed by atoms with Crippen molar-refractivity contribution in [3.8, 4) is 11.3 Å². The van der Waals surface area contributed by atoms with E-state index in [0.717, 1.165) is 6.07 Å². The number of nitrogens with one attached hydrogen (secondary N) is 1. The highest BCUT2D eigenvalue weighted by molar-refractivity contribution is 7.14. The molecule has 0 aliphatic carbocycles. The fourth-order valence-corrected chi connectivity index (χ4v) is 2.37. The first-order chi connectivity index (χ1) is 8.52. The van der Waals surface area contributed by atoms with Crippen molar-refractivity contribution in [2.45, 2.75) is 13.1 Å². The number of hydrogen-bond acceptors (Lipinski definition) is 3. The van der Waals surface area contributed by atoms with Gasteiger partial charge in [0.1, 0.15) is 0 Å². The number of hydrogen-bond donors (Lipinski definition) is 1. The van der Waals surface area contributed by atoms with E-state index in [1.165, 1.54) is 23.5 Å². The first-order valence-corrected chi connectivity index (χ1v) is 6.26. The molecular weight excluding hydrogens is 261 g/mol. The highest BCUT2D eigenvalue weighted by Crippen LogP contribution is 2.37. The molecule has 1 aromatic heterocycles. The molecule has 0 aliphatic rings. The van der Waals surface area contributed by atoms with Gasteiger partial charge in [0.2, 0.25) is 0 Å². The van der Waals surface area contributed by atoms with Gasteiger partial charge in [-0.15, -0.1) is 11.3 Å². The van der Waals surface area contributed by atoms with Crippen LogP contribution in [0.25, 0.3) is 11.3 Å². The summed E-state index contributed by atoms with van der Waals surface area (Å²) in [5.41, 5.74) is -0.187. The molecule has 0 unspecified atom stereocenters. The lowest BCUT2D eigenvalue weighted by Crippen LogP contribution is -2.07. The quantitative estimate of drug-likeness (QED) is 0.903. The van der Waals surface area contributed by atoms with Crippen LogP contribution in [0.15, 0.2) is 29.6 Å². The topological polar surface area (TPSA) is 24.9 Å². The molecule has 0 atom stereocenters. The lowest BCUT2D eigenvalue weighted by atomic mass is 10.1. The van der Waals surface area contributed by atoms with E-state index in [0.29, 0.717) is 17.4 Å². The highest BCUT2D eigenvalue weighted by Gasteiger charge is 2.33. The molecule has 0 saturated heterocycles. The summed E-state index contributed by atoms with van der Waals surface area (Å²) >= 11 is 1.30. The Morgan fingerprint density at radius 1 is 1.28 bits per heavy atom. The van der Waals surface area contributed by atoms with Crippen LogP contribution in [0.4, 0.5) is 18.3 Å². The molecular formula is C12H11F3N2S. The number of nitrogens with zero attached hydrogens (tertiary/aromatic N) is 1. The van der Waals surface area contributed by atoms with Crippen molar-refractivity contribution in [3.05, 3.63) is 35.2 Å². The second-order valence-corrected chi connectivity index (χ2v) is 4.47. The minimum absolute atomic E-state index is 0.116. The van der Waals surface area contributed by atoms with E-state index in [1.807, 2.05) is 6.92 Å². The van der Waals surface area contributed by atoms with Crippen LogP contribution in [0, 0.1) is 0 Å². The third kappa shape index (κ3) is 2.64. The minimum atomic E-state index is -4.36. The average Bonchev–Trinajstić information content (AvgIpc) is 2.77. The molecule has 0 bridgehead atoms. The van der Waals surface area contributed by atoms with Gasteiger partial charge in [0.25, 0.3) is 0 Å². The normalized spacial score (nSPS) is 11.6. The van der Waals surface area contributed by atoms with Gasteiger partial charge in [-0.1, -0.05) is 18.2 Å². The molecule has 1 aromatic carbocycles.